The van der Waals surface area contributed by atoms with E-state index in [9.17, 15) is 0 Å². The van der Waals surface area contributed by atoms with E-state index in [2.05, 4.69) is 15.3 Å². The monoisotopic (exact) mass is 195 g/mol. The minimum atomic E-state index is 0.192. The van der Waals surface area contributed by atoms with Gasteiger partial charge in [0.05, 0.1) is 0 Å². The third-order valence-electron chi connectivity index (χ3n) is 1.92. The van der Waals surface area contributed by atoms with Gasteiger partial charge in [-0.3, -0.25) is 0 Å². The van der Waals surface area contributed by atoms with E-state index in [-0.39, 0.29) is 12.6 Å². The summed E-state index contributed by atoms with van der Waals surface area (Å²) in [5.41, 5.74) is 0.955. The van der Waals surface area contributed by atoms with Crippen molar-refractivity contribution in [1.82, 2.24) is 9.97 Å². The third-order valence-corrected chi connectivity index (χ3v) is 1.92. The van der Waals surface area contributed by atoms with Crippen LogP contribution < -0.4 is 5.32 Å². The summed E-state index contributed by atoms with van der Waals surface area (Å²) < 4.78 is 0. The quantitative estimate of drug-likeness (QED) is 0.759. The van der Waals surface area contributed by atoms with Gasteiger partial charge in [-0.15, -0.1) is 0 Å². The Morgan fingerprint density at radius 3 is 2.71 bits per heavy atom. The molecule has 0 fully saturated rings. The summed E-state index contributed by atoms with van der Waals surface area (Å²) in [6.07, 6.45) is 0.724. The average Bonchev–Trinajstić information content (AvgIpc) is 2.01. The molecule has 4 heteroatoms. The zero-order valence-electron chi connectivity index (χ0n) is 8.91. The molecule has 0 spiro atoms. The lowest BCUT2D eigenvalue weighted by molar-refractivity contribution is 0.282. The van der Waals surface area contributed by atoms with E-state index >= 15 is 0 Å². The zero-order chi connectivity index (χ0) is 10.6. The lowest BCUT2D eigenvalue weighted by Gasteiger charge is -2.13. The third kappa shape index (κ3) is 3.30. The van der Waals surface area contributed by atoms with Crippen LogP contribution in [0.5, 0.6) is 0 Å². The van der Waals surface area contributed by atoms with Crippen LogP contribution >= 0.6 is 0 Å². The first-order valence-corrected chi connectivity index (χ1v) is 4.81. The summed E-state index contributed by atoms with van der Waals surface area (Å²) in [5, 5.41) is 12.0. The Balaban J connectivity index is 2.66. The number of aliphatic hydroxyl groups is 1. The fourth-order valence-corrected chi connectivity index (χ4v) is 1.31. The Hall–Kier alpha value is -1.16. The van der Waals surface area contributed by atoms with Crippen LogP contribution in [0, 0.1) is 13.8 Å². The van der Waals surface area contributed by atoms with Crippen LogP contribution in [0.1, 0.15) is 24.9 Å². The van der Waals surface area contributed by atoms with Gasteiger partial charge >= 0.3 is 0 Å². The smallest absolute Gasteiger partial charge is 0.130 e. The number of aryl methyl sites for hydroxylation is 2. The van der Waals surface area contributed by atoms with E-state index in [4.69, 9.17) is 5.11 Å². The molecular weight excluding hydrogens is 178 g/mol. The summed E-state index contributed by atoms with van der Waals surface area (Å²) in [4.78, 5) is 8.44. The Bertz CT molecular complexity index is 281. The molecule has 0 amide bonds. The van der Waals surface area contributed by atoms with E-state index in [0.717, 1.165) is 23.8 Å². The number of aliphatic hydroxyl groups excluding tert-OH is 1. The molecule has 78 valence electrons. The second-order valence-electron chi connectivity index (χ2n) is 3.50. The van der Waals surface area contributed by atoms with Gasteiger partial charge in [0.25, 0.3) is 0 Å². The molecule has 1 aromatic heterocycles. The first-order valence-electron chi connectivity index (χ1n) is 4.81. The molecule has 0 aliphatic carbocycles. The largest absolute Gasteiger partial charge is 0.396 e. The van der Waals surface area contributed by atoms with Crippen LogP contribution in [0.4, 0.5) is 5.82 Å². The van der Waals surface area contributed by atoms with Crippen LogP contribution in [-0.2, 0) is 0 Å². The summed E-state index contributed by atoms with van der Waals surface area (Å²) in [6.45, 7) is 6.02. The normalized spacial score (nSPS) is 12.6. The average molecular weight is 195 g/mol. The number of nitrogens with zero attached hydrogens (tertiary/aromatic N) is 2. The molecule has 2 N–H and O–H groups in total. The maximum Gasteiger partial charge on any atom is 0.130 e. The molecule has 1 heterocycles. The molecule has 0 radical (unpaired) electrons. The van der Waals surface area contributed by atoms with Gasteiger partial charge in [-0.2, -0.15) is 0 Å². The van der Waals surface area contributed by atoms with Gasteiger partial charge in [-0.1, -0.05) is 0 Å². The summed E-state index contributed by atoms with van der Waals surface area (Å²) in [5.74, 6) is 1.60. The van der Waals surface area contributed by atoms with Gasteiger partial charge in [-0.25, -0.2) is 9.97 Å². The van der Waals surface area contributed by atoms with Crippen molar-refractivity contribution in [2.75, 3.05) is 11.9 Å². The van der Waals surface area contributed by atoms with Crippen molar-refractivity contribution in [2.45, 2.75) is 33.2 Å². The fourth-order valence-electron chi connectivity index (χ4n) is 1.31. The van der Waals surface area contributed by atoms with Crippen LogP contribution in [0.15, 0.2) is 6.07 Å². The van der Waals surface area contributed by atoms with Crippen molar-refractivity contribution in [3.8, 4) is 0 Å². The highest BCUT2D eigenvalue weighted by Crippen LogP contribution is 2.08. The molecule has 1 unspecified atom stereocenters. The molecule has 0 aliphatic rings. The number of hydrogen-bond donors (Lipinski definition) is 2. The van der Waals surface area contributed by atoms with E-state index in [0.29, 0.717) is 0 Å². The Morgan fingerprint density at radius 2 is 2.14 bits per heavy atom. The van der Waals surface area contributed by atoms with E-state index in [1.807, 2.05) is 26.8 Å². The summed E-state index contributed by atoms with van der Waals surface area (Å²) in [7, 11) is 0. The molecular formula is C10H17N3O. The van der Waals surface area contributed by atoms with Gasteiger partial charge < -0.3 is 10.4 Å². The van der Waals surface area contributed by atoms with Crippen molar-refractivity contribution in [3.05, 3.63) is 17.6 Å². The number of aromatic nitrogens is 2. The Morgan fingerprint density at radius 1 is 1.43 bits per heavy atom. The number of rotatable bonds is 4. The SMILES string of the molecule is Cc1cc(NC(C)CCO)nc(C)n1. The highest BCUT2D eigenvalue weighted by Gasteiger charge is 2.03. The van der Waals surface area contributed by atoms with Crippen molar-refractivity contribution in [3.63, 3.8) is 0 Å². The minimum absolute atomic E-state index is 0.192. The van der Waals surface area contributed by atoms with Crippen molar-refractivity contribution in [1.29, 1.82) is 0 Å². The van der Waals surface area contributed by atoms with Crippen molar-refractivity contribution in [2.24, 2.45) is 0 Å². The maximum atomic E-state index is 8.75. The van der Waals surface area contributed by atoms with Gasteiger partial charge in [0.15, 0.2) is 0 Å². The van der Waals surface area contributed by atoms with Crippen LogP contribution in [0.3, 0.4) is 0 Å². The highest BCUT2D eigenvalue weighted by atomic mass is 16.3. The van der Waals surface area contributed by atoms with E-state index < -0.39 is 0 Å². The predicted octanol–water partition coefficient (Wildman–Crippen LogP) is 1.28. The molecule has 0 aliphatic heterocycles. The standard InChI is InChI=1S/C10H17N3O/c1-7(4-5-14)12-10-6-8(2)11-9(3)13-10/h6-7,14H,4-5H2,1-3H3,(H,11,12,13). The molecule has 0 aromatic carbocycles. The lowest BCUT2D eigenvalue weighted by atomic mass is 10.2. The number of nitrogens with one attached hydrogen (secondary N) is 1. The second-order valence-corrected chi connectivity index (χ2v) is 3.50. The fraction of sp³-hybridized carbons (Fsp3) is 0.600. The van der Waals surface area contributed by atoms with Crippen LogP contribution in [-0.4, -0.2) is 27.7 Å². The molecule has 0 saturated heterocycles. The molecule has 14 heavy (non-hydrogen) atoms. The van der Waals surface area contributed by atoms with Crippen LogP contribution in [0.25, 0.3) is 0 Å². The topological polar surface area (TPSA) is 58.0 Å². The summed E-state index contributed by atoms with van der Waals surface area (Å²) >= 11 is 0. The lowest BCUT2D eigenvalue weighted by Crippen LogP contribution is -2.17. The Labute approximate surface area is 84.4 Å². The molecule has 1 aromatic rings. The van der Waals surface area contributed by atoms with Gasteiger partial charge in [0.1, 0.15) is 11.6 Å². The Kier molecular flexibility index (Phi) is 3.83. The van der Waals surface area contributed by atoms with Gasteiger partial charge in [0.2, 0.25) is 0 Å². The second kappa shape index (κ2) is 4.91. The van der Waals surface area contributed by atoms with Gasteiger partial charge in [-0.05, 0) is 27.2 Å². The van der Waals surface area contributed by atoms with E-state index in [1.54, 1.807) is 0 Å². The van der Waals surface area contributed by atoms with Crippen LogP contribution in [0.2, 0.25) is 0 Å². The molecule has 0 saturated carbocycles. The van der Waals surface area contributed by atoms with Gasteiger partial charge in [0, 0.05) is 24.4 Å². The van der Waals surface area contributed by atoms with E-state index in [1.165, 1.54) is 0 Å². The minimum Gasteiger partial charge on any atom is -0.396 e. The predicted molar refractivity (Wildman–Crippen MR) is 56.3 cm³/mol. The molecule has 4 nitrogen and oxygen atoms in total. The molecule has 1 rings (SSSR count). The first kappa shape index (κ1) is 10.9. The zero-order valence-corrected chi connectivity index (χ0v) is 8.91. The highest BCUT2D eigenvalue weighted by molar-refractivity contribution is 5.36. The maximum absolute atomic E-state index is 8.75. The molecule has 0 bridgehead atoms. The van der Waals surface area contributed by atoms with Crippen molar-refractivity contribution >= 4 is 5.82 Å². The number of hydrogen-bond acceptors (Lipinski definition) is 4. The molecule has 1 atom stereocenters. The summed E-state index contributed by atoms with van der Waals surface area (Å²) in [6, 6.07) is 2.13. The van der Waals surface area contributed by atoms with Crippen molar-refractivity contribution < 1.29 is 5.11 Å². The first-order chi connectivity index (χ1) is 6.61. The number of anilines is 1.